The van der Waals surface area contributed by atoms with Crippen LogP contribution in [-0.4, -0.2) is 18.7 Å². The summed E-state index contributed by atoms with van der Waals surface area (Å²) >= 11 is 0. The van der Waals surface area contributed by atoms with Gasteiger partial charge in [0.25, 0.3) is 5.91 Å². The zero-order valence-electron chi connectivity index (χ0n) is 17.9. The molecule has 0 radical (unpaired) electrons. The second-order valence-corrected chi connectivity index (χ2v) is 7.36. The summed E-state index contributed by atoms with van der Waals surface area (Å²) < 4.78 is 82.4. The molecule has 0 heterocycles. The molecule has 178 valence electrons. The topological polar surface area (TPSA) is 58.2 Å². The predicted molar refractivity (Wildman–Crippen MR) is 116 cm³/mol. The van der Waals surface area contributed by atoms with Crippen molar-refractivity contribution in [2.45, 2.75) is 19.3 Å². The molecule has 3 aromatic rings. The number of amides is 1. The molecule has 0 saturated heterocycles. The Morgan fingerprint density at radius 1 is 0.706 bits per heavy atom. The summed E-state index contributed by atoms with van der Waals surface area (Å²) in [6.45, 7) is 1.30. The van der Waals surface area contributed by atoms with Crippen LogP contribution in [0.4, 0.5) is 37.7 Å². The summed E-state index contributed by atoms with van der Waals surface area (Å²) in [6.07, 6.45) is -9.91. The van der Waals surface area contributed by atoms with E-state index in [1.165, 1.54) is 44.3 Å². The van der Waals surface area contributed by atoms with E-state index in [2.05, 4.69) is 10.6 Å². The van der Waals surface area contributed by atoms with Gasteiger partial charge in [0.1, 0.15) is 0 Å². The average molecular weight is 480 g/mol. The minimum absolute atomic E-state index is 0.0346. The zero-order chi connectivity index (χ0) is 25.3. The Labute approximate surface area is 190 Å². The lowest BCUT2D eigenvalue weighted by Crippen LogP contribution is -2.15. The molecule has 0 unspecified atom stereocenters. The first kappa shape index (κ1) is 24.8. The number of anilines is 2. The fraction of sp³-hybridized carbons (Fsp3) is 0.167. The van der Waals surface area contributed by atoms with Crippen molar-refractivity contribution in [3.63, 3.8) is 0 Å². The maximum atomic E-state index is 13.8. The van der Waals surface area contributed by atoms with Crippen molar-refractivity contribution < 1.29 is 35.9 Å². The Hall–Kier alpha value is -3.82. The number of carbonyl (C=O) groups excluding carboxylic acids is 2. The number of alkyl halides is 6. The first-order valence-corrected chi connectivity index (χ1v) is 9.84. The van der Waals surface area contributed by atoms with E-state index in [1.807, 2.05) is 0 Å². The SMILES string of the molecule is CNc1ccc(-c2ccc(NC(=O)c3cccc(C(C)=O)c3)cc2C(F)(F)F)c(C(F)(F)F)c1. The van der Waals surface area contributed by atoms with Crippen LogP contribution < -0.4 is 10.6 Å². The van der Waals surface area contributed by atoms with Crippen molar-refractivity contribution >= 4 is 23.1 Å². The summed E-state index contributed by atoms with van der Waals surface area (Å²) in [6, 6.07) is 11.1. The Kier molecular flexibility index (Phi) is 6.72. The third-order valence-corrected chi connectivity index (χ3v) is 5.02. The van der Waals surface area contributed by atoms with E-state index in [0.29, 0.717) is 6.07 Å². The van der Waals surface area contributed by atoms with Crippen molar-refractivity contribution in [3.8, 4) is 11.1 Å². The molecule has 4 nitrogen and oxygen atoms in total. The lowest BCUT2D eigenvalue weighted by atomic mass is 9.93. The normalized spacial score (nSPS) is 11.8. The molecule has 0 aromatic heterocycles. The van der Waals surface area contributed by atoms with Gasteiger partial charge < -0.3 is 10.6 Å². The number of halogens is 6. The molecule has 0 aliphatic heterocycles. The largest absolute Gasteiger partial charge is 0.417 e. The van der Waals surface area contributed by atoms with E-state index in [1.54, 1.807) is 0 Å². The van der Waals surface area contributed by atoms with Gasteiger partial charge in [0, 0.05) is 29.5 Å². The lowest BCUT2D eigenvalue weighted by Gasteiger charge is -2.19. The summed E-state index contributed by atoms with van der Waals surface area (Å²) in [5.74, 6) is -1.08. The fourth-order valence-corrected chi connectivity index (χ4v) is 3.34. The fourth-order valence-electron chi connectivity index (χ4n) is 3.34. The minimum atomic E-state index is -5.00. The number of Topliss-reactive ketones (excluding diaryl/α,β-unsaturated/α-hetero) is 1. The third kappa shape index (κ3) is 5.38. The van der Waals surface area contributed by atoms with Crippen molar-refractivity contribution in [2.75, 3.05) is 17.7 Å². The van der Waals surface area contributed by atoms with Crippen molar-refractivity contribution in [1.82, 2.24) is 0 Å². The molecule has 0 aliphatic rings. The van der Waals surface area contributed by atoms with Gasteiger partial charge in [-0.25, -0.2) is 0 Å². The number of rotatable bonds is 5. The molecule has 34 heavy (non-hydrogen) atoms. The van der Waals surface area contributed by atoms with Crippen LogP contribution in [0.15, 0.2) is 60.7 Å². The second-order valence-electron chi connectivity index (χ2n) is 7.36. The van der Waals surface area contributed by atoms with E-state index in [4.69, 9.17) is 0 Å². The van der Waals surface area contributed by atoms with Gasteiger partial charge in [0.2, 0.25) is 0 Å². The van der Waals surface area contributed by atoms with Crippen molar-refractivity contribution in [1.29, 1.82) is 0 Å². The molecule has 0 fully saturated rings. The van der Waals surface area contributed by atoms with E-state index < -0.39 is 40.5 Å². The van der Waals surface area contributed by atoms with Crippen LogP contribution in [0, 0.1) is 0 Å². The molecule has 0 atom stereocenters. The van der Waals surface area contributed by atoms with Crippen LogP contribution >= 0.6 is 0 Å². The highest BCUT2D eigenvalue weighted by Crippen LogP contribution is 2.44. The van der Waals surface area contributed by atoms with Crippen LogP contribution in [-0.2, 0) is 12.4 Å². The number of nitrogens with one attached hydrogen (secondary N) is 2. The Balaban J connectivity index is 2.07. The van der Waals surface area contributed by atoms with Crippen LogP contribution in [0.2, 0.25) is 0 Å². The standard InChI is InChI=1S/C24H18F6N2O2/c1-13(33)14-4-3-5-15(10-14)22(34)32-17-7-9-19(21(12-17)24(28,29)30)18-8-6-16(31-2)11-20(18)23(25,26)27/h3-12,31H,1-2H3,(H,32,34). The highest BCUT2D eigenvalue weighted by Gasteiger charge is 2.38. The Bertz CT molecular complexity index is 1250. The monoisotopic (exact) mass is 480 g/mol. The van der Waals surface area contributed by atoms with Gasteiger partial charge >= 0.3 is 12.4 Å². The highest BCUT2D eigenvalue weighted by atomic mass is 19.4. The van der Waals surface area contributed by atoms with E-state index in [9.17, 15) is 35.9 Å². The van der Waals surface area contributed by atoms with E-state index >= 15 is 0 Å². The van der Waals surface area contributed by atoms with E-state index in [-0.39, 0.29) is 28.3 Å². The Morgan fingerprint density at radius 2 is 1.21 bits per heavy atom. The summed E-state index contributed by atoms with van der Waals surface area (Å²) in [4.78, 5) is 24.0. The number of benzene rings is 3. The Morgan fingerprint density at radius 3 is 1.71 bits per heavy atom. The minimum Gasteiger partial charge on any atom is -0.388 e. The van der Waals surface area contributed by atoms with Gasteiger partial charge in [-0.3, -0.25) is 9.59 Å². The summed E-state index contributed by atoms with van der Waals surface area (Å²) in [5, 5.41) is 4.83. The highest BCUT2D eigenvalue weighted by molar-refractivity contribution is 6.06. The van der Waals surface area contributed by atoms with Gasteiger partial charge in [-0.1, -0.05) is 24.3 Å². The molecule has 0 spiro atoms. The average Bonchev–Trinajstić information content (AvgIpc) is 2.77. The molecule has 0 saturated carbocycles. The third-order valence-electron chi connectivity index (χ3n) is 5.02. The first-order valence-electron chi connectivity index (χ1n) is 9.84. The van der Waals surface area contributed by atoms with Crippen molar-refractivity contribution in [3.05, 3.63) is 82.9 Å². The summed E-state index contributed by atoms with van der Waals surface area (Å²) in [5.41, 5.74) is -3.81. The number of ketones is 1. The van der Waals surface area contributed by atoms with Crippen LogP contribution in [0.5, 0.6) is 0 Å². The quantitative estimate of drug-likeness (QED) is 0.309. The number of hydrogen-bond acceptors (Lipinski definition) is 3. The molecule has 2 N–H and O–H groups in total. The van der Waals surface area contributed by atoms with Crippen LogP contribution in [0.3, 0.4) is 0 Å². The van der Waals surface area contributed by atoms with Gasteiger partial charge in [-0.05, 0) is 54.4 Å². The molecule has 3 rings (SSSR count). The van der Waals surface area contributed by atoms with E-state index in [0.717, 1.165) is 24.3 Å². The smallest absolute Gasteiger partial charge is 0.388 e. The van der Waals surface area contributed by atoms with Gasteiger partial charge in [0.05, 0.1) is 11.1 Å². The maximum Gasteiger partial charge on any atom is 0.417 e. The lowest BCUT2D eigenvalue weighted by molar-refractivity contribution is -0.139. The zero-order valence-corrected chi connectivity index (χ0v) is 17.9. The molecule has 0 bridgehead atoms. The van der Waals surface area contributed by atoms with Gasteiger partial charge in [-0.2, -0.15) is 26.3 Å². The molecule has 3 aromatic carbocycles. The van der Waals surface area contributed by atoms with Crippen LogP contribution in [0.1, 0.15) is 38.8 Å². The number of carbonyl (C=O) groups is 2. The first-order chi connectivity index (χ1) is 15.8. The summed E-state index contributed by atoms with van der Waals surface area (Å²) in [7, 11) is 1.39. The van der Waals surface area contributed by atoms with Gasteiger partial charge in [-0.15, -0.1) is 0 Å². The molecular formula is C24H18F6N2O2. The molecule has 0 aliphatic carbocycles. The predicted octanol–water partition coefficient (Wildman–Crippen LogP) is 6.89. The molecule has 10 heteroatoms. The van der Waals surface area contributed by atoms with Crippen LogP contribution in [0.25, 0.3) is 11.1 Å². The molecule has 1 amide bonds. The number of hydrogen-bond donors (Lipinski definition) is 2. The van der Waals surface area contributed by atoms with Crippen molar-refractivity contribution in [2.24, 2.45) is 0 Å². The maximum absolute atomic E-state index is 13.8. The second kappa shape index (κ2) is 9.20. The van der Waals surface area contributed by atoms with Gasteiger partial charge in [0.15, 0.2) is 5.78 Å². The molecular weight excluding hydrogens is 462 g/mol.